The SMILES string of the molecule is CC(C(=O)CC1CCCC1)c1ccccc1. The second-order valence-corrected chi connectivity index (χ2v) is 4.95. The molecule has 0 aliphatic heterocycles. The third-order valence-electron chi connectivity index (χ3n) is 3.75. The highest BCUT2D eigenvalue weighted by molar-refractivity contribution is 5.85. The molecule has 16 heavy (non-hydrogen) atoms. The van der Waals surface area contributed by atoms with Gasteiger partial charge in [-0.05, 0) is 11.5 Å². The van der Waals surface area contributed by atoms with Crippen LogP contribution in [-0.2, 0) is 4.79 Å². The average molecular weight is 216 g/mol. The highest BCUT2D eigenvalue weighted by atomic mass is 16.1. The van der Waals surface area contributed by atoms with Gasteiger partial charge in [0.25, 0.3) is 0 Å². The van der Waals surface area contributed by atoms with Crippen molar-refractivity contribution in [1.29, 1.82) is 0 Å². The third-order valence-corrected chi connectivity index (χ3v) is 3.75. The number of ketones is 1. The van der Waals surface area contributed by atoms with Crippen molar-refractivity contribution in [2.45, 2.75) is 44.9 Å². The second kappa shape index (κ2) is 5.29. The third kappa shape index (κ3) is 2.72. The molecule has 1 saturated carbocycles. The quantitative estimate of drug-likeness (QED) is 0.745. The molecule has 0 radical (unpaired) electrons. The Morgan fingerprint density at radius 3 is 2.50 bits per heavy atom. The van der Waals surface area contributed by atoms with Gasteiger partial charge in [0.1, 0.15) is 5.78 Å². The summed E-state index contributed by atoms with van der Waals surface area (Å²) < 4.78 is 0. The number of hydrogen-bond donors (Lipinski definition) is 0. The molecule has 0 aromatic heterocycles. The smallest absolute Gasteiger partial charge is 0.140 e. The van der Waals surface area contributed by atoms with Crippen molar-refractivity contribution in [1.82, 2.24) is 0 Å². The Morgan fingerprint density at radius 1 is 1.25 bits per heavy atom. The van der Waals surface area contributed by atoms with Gasteiger partial charge < -0.3 is 0 Å². The fourth-order valence-corrected chi connectivity index (χ4v) is 2.60. The molecule has 1 nitrogen and oxygen atoms in total. The van der Waals surface area contributed by atoms with Gasteiger partial charge in [-0.15, -0.1) is 0 Å². The maximum absolute atomic E-state index is 12.1. The van der Waals surface area contributed by atoms with E-state index in [-0.39, 0.29) is 5.92 Å². The minimum atomic E-state index is 0.0711. The van der Waals surface area contributed by atoms with Gasteiger partial charge >= 0.3 is 0 Å². The second-order valence-electron chi connectivity index (χ2n) is 4.95. The normalized spacial score (nSPS) is 18.6. The zero-order valence-electron chi connectivity index (χ0n) is 9.99. The molecule has 1 heteroatoms. The Labute approximate surface area is 97.9 Å². The highest BCUT2D eigenvalue weighted by Gasteiger charge is 2.22. The lowest BCUT2D eigenvalue weighted by Crippen LogP contribution is -2.12. The monoisotopic (exact) mass is 216 g/mol. The van der Waals surface area contributed by atoms with E-state index in [2.05, 4.69) is 12.1 Å². The molecule has 86 valence electrons. The summed E-state index contributed by atoms with van der Waals surface area (Å²) in [5.41, 5.74) is 1.16. The fraction of sp³-hybridized carbons (Fsp3) is 0.533. The Kier molecular flexibility index (Phi) is 3.76. The van der Waals surface area contributed by atoms with Crippen molar-refractivity contribution >= 4 is 5.78 Å². The van der Waals surface area contributed by atoms with Crippen LogP contribution in [0.2, 0.25) is 0 Å². The topological polar surface area (TPSA) is 17.1 Å². The first-order chi connectivity index (χ1) is 7.77. The van der Waals surface area contributed by atoms with E-state index >= 15 is 0 Å². The summed E-state index contributed by atoms with van der Waals surface area (Å²) in [7, 11) is 0. The molecule has 1 aromatic rings. The van der Waals surface area contributed by atoms with Gasteiger partial charge in [0.15, 0.2) is 0 Å². The summed E-state index contributed by atoms with van der Waals surface area (Å²) >= 11 is 0. The first-order valence-electron chi connectivity index (χ1n) is 6.35. The number of benzene rings is 1. The molecule has 0 amide bonds. The van der Waals surface area contributed by atoms with Crippen LogP contribution >= 0.6 is 0 Å². The zero-order valence-corrected chi connectivity index (χ0v) is 9.99. The predicted molar refractivity (Wildman–Crippen MR) is 66.4 cm³/mol. The van der Waals surface area contributed by atoms with Gasteiger partial charge in [-0.25, -0.2) is 0 Å². The molecule has 1 aliphatic carbocycles. The van der Waals surface area contributed by atoms with Crippen molar-refractivity contribution in [2.75, 3.05) is 0 Å². The first kappa shape index (κ1) is 11.4. The Hall–Kier alpha value is -1.11. The molecule has 1 aliphatic rings. The maximum atomic E-state index is 12.1. The summed E-state index contributed by atoms with van der Waals surface area (Å²) in [5.74, 6) is 1.15. The van der Waals surface area contributed by atoms with Gasteiger partial charge in [-0.1, -0.05) is 62.9 Å². The average Bonchev–Trinajstić information content (AvgIpc) is 2.82. The van der Waals surface area contributed by atoms with Crippen molar-refractivity contribution in [2.24, 2.45) is 5.92 Å². The number of rotatable bonds is 4. The summed E-state index contributed by atoms with van der Waals surface area (Å²) in [6.07, 6.45) is 5.94. The minimum absolute atomic E-state index is 0.0711. The molecule has 0 heterocycles. The zero-order chi connectivity index (χ0) is 11.4. The molecule has 1 atom stereocenters. The van der Waals surface area contributed by atoms with E-state index in [0.717, 1.165) is 12.0 Å². The van der Waals surface area contributed by atoms with Gasteiger partial charge in [0.05, 0.1) is 0 Å². The summed E-state index contributed by atoms with van der Waals surface area (Å²) in [5, 5.41) is 0. The van der Waals surface area contributed by atoms with Crippen LogP contribution in [0.4, 0.5) is 0 Å². The molecule has 1 unspecified atom stereocenters. The van der Waals surface area contributed by atoms with E-state index in [1.54, 1.807) is 0 Å². The largest absolute Gasteiger partial charge is 0.299 e. The van der Waals surface area contributed by atoms with Crippen LogP contribution in [0.5, 0.6) is 0 Å². The van der Waals surface area contributed by atoms with Gasteiger partial charge in [0.2, 0.25) is 0 Å². The Bertz CT molecular complexity index is 336. The molecular formula is C15H20O. The van der Waals surface area contributed by atoms with E-state index in [1.807, 2.05) is 25.1 Å². The number of carbonyl (C=O) groups is 1. The van der Waals surface area contributed by atoms with Crippen LogP contribution in [0, 0.1) is 5.92 Å². The molecule has 0 spiro atoms. The van der Waals surface area contributed by atoms with E-state index in [1.165, 1.54) is 25.7 Å². The lowest BCUT2D eigenvalue weighted by Gasteiger charge is -2.13. The summed E-state index contributed by atoms with van der Waals surface area (Å²) in [6, 6.07) is 10.1. The van der Waals surface area contributed by atoms with Crippen LogP contribution in [-0.4, -0.2) is 5.78 Å². The molecule has 1 aromatic carbocycles. The lowest BCUT2D eigenvalue weighted by molar-refractivity contribution is -0.121. The van der Waals surface area contributed by atoms with E-state index in [0.29, 0.717) is 11.7 Å². The highest BCUT2D eigenvalue weighted by Crippen LogP contribution is 2.30. The predicted octanol–water partition coefficient (Wildman–Crippen LogP) is 3.94. The van der Waals surface area contributed by atoms with E-state index in [9.17, 15) is 4.79 Å². The van der Waals surface area contributed by atoms with Crippen LogP contribution in [0.25, 0.3) is 0 Å². The minimum Gasteiger partial charge on any atom is -0.299 e. The molecule has 2 rings (SSSR count). The fourth-order valence-electron chi connectivity index (χ4n) is 2.60. The first-order valence-corrected chi connectivity index (χ1v) is 6.35. The van der Waals surface area contributed by atoms with Gasteiger partial charge in [0, 0.05) is 12.3 Å². The molecule has 1 fully saturated rings. The molecule has 0 N–H and O–H groups in total. The lowest BCUT2D eigenvalue weighted by atomic mass is 9.90. The maximum Gasteiger partial charge on any atom is 0.140 e. The number of Topliss-reactive ketones (excluding diaryl/α,β-unsaturated/α-hetero) is 1. The number of hydrogen-bond acceptors (Lipinski definition) is 1. The van der Waals surface area contributed by atoms with Crippen LogP contribution in [0.3, 0.4) is 0 Å². The van der Waals surface area contributed by atoms with Crippen molar-refractivity contribution in [3.8, 4) is 0 Å². The van der Waals surface area contributed by atoms with Crippen molar-refractivity contribution in [3.05, 3.63) is 35.9 Å². The van der Waals surface area contributed by atoms with Crippen LogP contribution in [0.15, 0.2) is 30.3 Å². The summed E-state index contributed by atoms with van der Waals surface area (Å²) in [4.78, 5) is 12.1. The standard InChI is InChI=1S/C15H20O/c1-12(14-9-3-2-4-10-14)15(16)11-13-7-5-6-8-13/h2-4,9-10,12-13H,5-8,11H2,1H3. The van der Waals surface area contributed by atoms with E-state index < -0.39 is 0 Å². The molecule has 0 bridgehead atoms. The van der Waals surface area contributed by atoms with Crippen LogP contribution < -0.4 is 0 Å². The summed E-state index contributed by atoms with van der Waals surface area (Å²) in [6.45, 7) is 2.03. The van der Waals surface area contributed by atoms with Gasteiger partial charge in [-0.3, -0.25) is 4.79 Å². The van der Waals surface area contributed by atoms with Crippen molar-refractivity contribution in [3.63, 3.8) is 0 Å². The number of carbonyl (C=O) groups excluding carboxylic acids is 1. The van der Waals surface area contributed by atoms with E-state index in [4.69, 9.17) is 0 Å². The van der Waals surface area contributed by atoms with Crippen molar-refractivity contribution < 1.29 is 4.79 Å². The molecular weight excluding hydrogens is 196 g/mol. The molecule has 0 saturated heterocycles. The van der Waals surface area contributed by atoms with Crippen LogP contribution in [0.1, 0.15) is 50.5 Å². The Morgan fingerprint density at radius 2 is 1.88 bits per heavy atom. The van der Waals surface area contributed by atoms with Gasteiger partial charge in [-0.2, -0.15) is 0 Å². The Balaban J connectivity index is 1.94.